The van der Waals surface area contributed by atoms with Crippen molar-refractivity contribution < 1.29 is 18.0 Å². The van der Waals surface area contributed by atoms with Crippen LogP contribution in [0.1, 0.15) is 23.0 Å². The fourth-order valence-corrected chi connectivity index (χ4v) is 4.94. The molecule has 0 atom stereocenters. The van der Waals surface area contributed by atoms with Crippen LogP contribution in [0.25, 0.3) is 11.3 Å². The minimum absolute atomic E-state index is 0.0302. The van der Waals surface area contributed by atoms with E-state index in [4.69, 9.17) is 5.73 Å². The van der Waals surface area contributed by atoms with Crippen molar-refractivity contribution in [1.29, 1.82) is 0 Å². The number of carbonyl (C=O) groups excluding carboxylic acids is 2. The molecule has 1 aromatic heterocycles. The molecule has 4 rings (SSSR count). The second-order valence-electron chi connectivity index (χ2n) is 8.73. The molecule has 0 spiro atoms. The number of hydrogen-bond donors (Lipinski definition) is 2. The van der Waals surface area contributed by atoms with Gasteiger partial charge in [-0.25, -0.2) is 23.1 Å². The van der Waals surface area contributed by atoms with Gasteiger partial charge in [-0.3, -0.25) is 9.59 Å². The van der Waals surface area contributed by atoms with Crippen LogP contribution in [0.2, 0.25) is 0 Å². The Kier molecular flexibility index (Phi) is 7.32. The number of nitrogens with zero attached hydrogens (tertiary/aromatic N) is 4. The molecule has 3 N–H and O–H groups in total. The summed E-state index contributed by atoms with van der Waals surface area (Å²) < 4.78 is 26.1. The van der Waals surface area contributed by atoms with Gasteiger partial charge in [-0.1, -0.05) is 24.3 Å². The van der Waals surface area contributed by atoms with E-state index in [1.54, 1.807) is 6.20 Å². The molecule has 0 unspecified atom stereocenters. The summed E-state index contributed by atoms with van der Waals surface area (Å²) in [4.78, 5) is 37.3. The van der Waals surface area contributed by atoms with Gasteiger partial charge in [0, 0.05) is 50.8 Å². The Morgan fingerprint density at radius 2 is 1.64 bits per heavy atom. The van der Waals surface area contributed by atoms with Gasteiger partial charge in [0.2, 0.25) is 5.91 Å². The normalized spacial score (nSPS) is 14.4. The monoisotopic (exact) mass is 508 g/mol. The van der Waals surface area contributed by atoms with E-state index in [1.165, 1.54) is 24.3 Å². The summed E-state index contributed by atoms with van der Waals surface area (Å²) in [5.74, 6) is -0.992. The predicted molar refractivity (Wildman–Crippen MR) is 137 cm³/mol. The number of nitrogens with two attached hydrogens (primary N) is 1. The van der Waals surface area contributed by atoms with Gasteiger partial charge >= 0.3 is 0 Å². The van der Waals surface area contributed by atoms with Gasteiger partial charge in [0.05, 0.1) is 16.8 Å². The van der Waals surface area contributed by atoms with Crippen LogP contribution in [0, 0.1) is 0 Å². The maximum atomic E-state index is 13.0. The lowest BCUT2D eigenvalue weighted by Crippen LogP contribution is -2.44. The lowest BCUT2D eigenvalue weighted by Gasteiger charge is -2.34. The quantitative estimate of drug-likeness (QED) is 0.457. The molecule has 1 aliphatic rings. The first kappa shape index (κ1) is 25.3. The third-order valence-electron chi connectivity index (χ3n) is 5.97. The minimum Gasteiger partial charge on any atom is -0.382 e. The van der Waals surface area contributed by atoms with Crippen molar-refractivity contribution in [1.82, 2.24) is 19.6 Å². The zero-order chi connectivity index (χ0) is 25.9. The molecule has 36 heavy (non-hydrogen) atoms. The maximum Gasteiger partial charge on any atom is 0.264 e. The van der Waals surface area contributed by atoms with Crippen LogP contribution < -0.4 is 15.4 Å². The fourth-order valence-electron chi connectivity index (χ4n) is 3.95. The van der Waals surface area contributed by atoms with E-state index in [1.807, 2.05) is 29.0 Å². The fraction of sp³-hybridized carbons (Fsp3) is 0.280. The van der Waals surface area contributed by atoms with Crippen molar-refractivity contribution in [3.05, 3.63) is 66.0 Å². The maximum absolute atomic E-state index is 13.0. The average molecular weight is 509 g/mol. The Morgan fingerprint density at radius 3 is 2.25 bits per heavy atom. The molecule has 2 heterocycles. The Balaban J connectivity index is 1.48. The lowest BCUT2D eigenvalue weighted by molar-refractivity contribution is -0.117. The van der Waals surface area contributed by atoms with Crippen molar-refractivity contribution >= 4 is 33.2 Å². The lowest BCUT2D eigenvalue weighted by atomic mass is 10.1. The van der Waals surface area contributed by atoms with Crippen LogP contribution in [-0.2, 0) is 21.2 Å². The summed E-state index contributed by atoms with van der Waals surface area (Å²) in [7, 11) is -1.83. The van der Waals surface area contributed by atoms with E-state index in [-0.39, 0.29) is 28.6 Å². The summed E-state index contributed by atoms with van der Waals surface area (Å²) in [6, 6.07) is 13.7. The Hall–Kier alpha value is -3.83. The highest BCUT2D eigenvalue weighted by Gasteiger charge is 2.19. The Morgan fingerprint density at radius 1 is 1.00 bits per heavy atom. The largest absolute Gasteiger partial charge is 0.382 e. The predicted octanol–water partition coefficient (Wildman–Crippen LogP) is 1.73. The molecular weight excluding hydrogens is 480 g/mol. The minimum atomic E-state index is -3.94. The van der Waals surface area contributed by atoms with E-state index in [0.717, 1.165) is 44.4 Å². The molecule has 3 aromatic rings. The molecule has 1 fully saturated rings. The highest BCUT2D eigenvalue weighted by Crippen LogP contribution is 2.24. The van der Waals surface area contributed by atoms with Gasteiger partial charge in [0.25, 0.3) is 10.0 Å². The van der Waals surface area contributed by atoms with Crippen LogP contribution in [-0.4, -0.2) is 68.2 Å². The van der Waals surface area contributed by atoms with Crippen molar-refractivity contribution in [3.63, 3.8) is 0 Å². The topological polar surface area (TPSA) is 139 Å². The first-order valence-corrected chi connectivity index (χ1v) is 12.9. The number of piperazine rings is 1. The second-order valence-corrected chi connectivity index (χ2v) is 10.4. The van der Waals surface area contributed by atoms with Crippen LogP contribution in [0.15, 0.2) is 59.6 Å². The zero-order valence-electron chi connectivity index (χ0n) is 20.1. The average Bonchev–Trinajstić information content (AvgIpc) is 2.84. The molecule has 0 bridgehead atoms. The van der Waals surface area contributed by atoms with Crippen molar-refractivity contribution in [3.8, 4) is 11.3 Å². The Bertz CT molecular complexity index is 1370. The number of Topliss-reactive ketones (excluding diaryl/α,β-unsaturated/α-hetero) is 1. The molecule has 11 heteroatoms. The number of likely N-dealkylation sites (N-methyl/N-ethyl adjacent to an activating group) is 1. The number of sulfonamides is 1. The zero-order valence-corrected chi connectivity index (χ0v) is 21.0. The van der Waals surface area contributed by atoms with Crippen LogP contribution in [0.4, 0.5) is 11.5 Å². The third-order valence-corrected chi connectivity index (χ3v) is 7.42. The van der Waals surface area contributed by atoms with E-state index >= 15 is 0 Å². The summed E-state index contributed by atoms with van der Waals surface area (Å²) in [6.07, 6.45) is 1.50. The smallest absolute Gasteiger partial charge is 0.264 e. The first-order valence-electron chi connectivity index (χ1n) is 11.4. The number of hydrogen-bond acceptors (Lipinski definition) is 9. The highest BCUT2D eigenvalue weighted by molar-refractivity contribution is 7.90. The molecule has 10 nitrogen and oxygen atoms in total. The molecule has 1 saturated heterocycles. The van der Waals surface area contributed by atoms with E-state index in [2.05, 4.69) is 26.8 Å². The number of carbonyl (C=O) groups is 2. The van der Waals surface area contributed by atoms with Gasteiger partial charge in [-0.2, -0.15) is 0 Å². The summed E-state index contributed by atoms with van der Waals surface area (Å²) in [5, 5.41) is 0. The molecule has 0 saturated carbocycles. The standard InChI is InChI=1S/C25H28N6O4S/c1-17(32)29-36(34,35)21-9-3-18(4-10-21)15-23(33)24-25(26)27-16-22(28-24)19-5-7-20(8-6-19)31-13-11-30(2)12-14-31/h3-10,16H,11-15H2,1-2H3,(H2,26,27)(H,29,32). The van der Waals surface area contributed by atoms with E-state index in [9.17, 15) is 18.0 Å². The van der Waals surface area contributed by atoms with Gasteiger partial charge in [-0.15, -0.1) is 0 Å². The number of ketones is 1. The molecular formula is C25H28N6O4S. The number of nitrogens with one attached hydrogen (secondary N) is 1. The molecule has 188 valence electrons. The van der Waals surface area contributed by atoms with Crippen LogP contribution in [0.3, 0.4) is 0 Å². The van der Waals surface area contributed by atoms with Crippen molar-refractivity contribution in [2.75, 3.05) is 43.9 Å². The van der Waals surface area contributed by atoms with Crippen molar-refractivity contribution in [2.45, 2.75) is 18.2 Å². The number of anilines is 2. The number of rotatable bonds is 7. The van der Waals surface area contributed by atoms with Gasteiger partial charge in [-0.05, 0) is 36.9 Å². The molecule has 1 aliphatic heterocycles. The molecule has 0 aliphatic carbocycles. The highest BCUT2D eigenvalue weighted by atomic mass is 32.2. The third kappa shape index (κ3) is 5.86. The Labute approximate surface area is 210 Å². The SMILES string of the molecule is CC(=O)NS(=O)(=O)c1ccc(CC(=O)c2nc(-c3ccc(N4CCN(C)CC4)cc3)cnc2N)cc1. The number of nitrogen functional groups attached to an aromatic ring is 1. The van der Waals surface area contributed by atoms with E-state index < -0.39 is 15.9 Å². The number of benzene rings is 2. The van der Waals surface area contributed by atoms with Gasteiger partial charge in [0.1, 0.15) is 5.69 Å². The summed E-state index contributed by atoms with van der Waals surface area (Å²) >= 11 is 0. The molecule has 1 amide bonds. The van der Waals surface area contributed by atoms with Gasteiger partial charge in [0.15, 0.2) is 11.6 Å². The van der Waals surface area contributed by atoms with Gasteiger partial charge < -0.3 is 15.5 Å². The first-order chi connectivity index (χ1) is 17.1. The number of amides is 1. The summed E-state index contributed by atoms with van der Waals surface area (Å²) in [5.41, 5.74) is 9.08. The van der Waals surface area contributed by atoms with Crippen LogP contribution in [0.5, 0.6) is 0 Å². The second kappa shape index (κ2) is 10.4. The molecule has 2 aromatic carbocycles. The summed E-state index contributed by atoms with van der Waals surface area (Å²) in [6.45, 7) is 5.09. The van der Waals surface area contributed by atoms with Crippen molar-refractivity contribution in [2.24, 2.45) is 0 Å². The van der Waals surface area contributed by atoms with E-state index in [0.29, 0.717) is 11.3 Å². The van der Waals surface area contributed by atoms with Crippen LogP contribution >= 0.6 is 0 Å². The number of aromatic nitrogens is 2. The molecule has 0 radical (unpaired) electrons.